The summed E-state index contributed by atoms with van der Waals surface area (Å²) in [5, 5.41) is 2.86. The molecule has 0 heterocycles. The predicted molar refractivity (Wildman–Crippen MR) is 128 cm³/mol. The maximum Gasteiger partial charge on any atom is 0.244 e. The molecule has 0 fully saturated rings. The van der Waals surface area contributed by atoms with Gasteiger partial charge in [-0.15, -0.1) is 0 Å². The van der Waals surface area contributed by atoms with E-state index in [-0.39, 0.29) is 24.2 Å². The van der Waals surface area contributed by atoms with Crippen molar-refractivity contribution in [3.8, 4) is 0 Å². The van der Waals surface area contributed by atoms with Gasteiger partial charge >= 0.3 is 0 Å². The van der Waals surface area contributed by atoms with Crippen molar-refractivity contribution in [1.29, 1.82) is 0 Å². The maximum absolute atomic E-state index is 14.4. The molecule has 0 aliphatic carbocycles. The maximum atomic E-state index is 14.4. The number of hydrogen-bond donors (Lipinski definition) is 1. The highest BCUT2D eigenvalue weighted by Crippen LogP contribution is 2.22. The van der Waals surface area contributed by atoms with Crippen molar-refractivity contribution < 1.29 is 22.4 Å². The molecule has 0 aliphatic rings. The third kappa shape index (κ3) is 7.28. The van der Waals surface area contributed by atoms with Gasteiger partial charge in [0, 0.05) is 12.6 Å². The first-order valence-corrected chi connectivity index (χ1v) is 12.7. The van der Waals surface area contributed by atoms with Crippen LogP contribution >= 0.6 is 0 Å². The molecule has 0 saturated carbocycles. The number of anilines is 1. The first-order chi connectivity index (χ1) is 15.4. The summed E-state index contributed by atoms with van der Waals surface area (Å²) in [4.78, 5) is 27.5. The van der Waals surface area contributed by atoms with E-state index in [0.29, 0.717) is 0 Å². The number of sulfonamides is 1. The Morgan fingerprint density at radius 2 is 1.67 bits per heavy atom. The minimum atomic E-state index is -3.97. The molecule has 2 aromatic rings. The Morgan fingerprint density at radius 1 is 1.06 bits per heavy atom. The Morgan fingerprint density at radius 3 is 2.21 bits per heavy atom. The highest BCUT2D eigenvalue weighted by atomic mass is 32.2. The summed E-state index contributed by atoms with van der Waals surface area (Å²) in [6, 6.07) is 11.9. The van der Waals surface area contributed by atoms with Crippen molar-refractivity contribution in [1.82, 2.24) is 10.2 Å². The van der Waals surface area contributed by atoms with E-state index in [1.165, 1.54) is 23.1 Å². The van der Waals surface area contributed by atoms with Crippen LogP contribution in [0.5, 0.6) is 0 Å². The number of aryl methyl sites for hydroxylation is 1. The van der Waals surface area contributed by atoms with E-state index in [4.69, 9.17) is 0 Å². The van der Waals surface area contributed by atoms with Gasteiger partial charge < -0.3 is 10.2 Å². The van der Waals surface area contributed by atoms with E-state index in [2.05, 4.69) is 5.32 Å². The standard InChI is InChI=1S/C24H32FN3O4S/c1-6-18(3)26-24(30)19(4)27(15-20-13-11-17(2)12-14-20)23(29)16-28(33(5,31)32)22-10-8-7-9-21(22)25/h7-14,18-19H,6,15-16H2,1-5H3,(H,26,30)/t18-,19+/m0/s1. The average molecular weight is 478 g/mol. The van der Waals surface area contributed by atoms with Gasteiger partial charge in [-0.3, -0.25) is 13.9 Å². The summed E-state index contributed by atoms with van der Waals surface area (Å²) in [6.45, 7) is 6.80. The molecule has 2 amide bonds. The largest absolute Gasteiger partial charge is 0.352 e. The average Bonchev–Trinajstić information content (AvgIpc) is 2.76. The van der Waals surface area contributed by atoms with Gasteiger partial charge in [0.05, 0.1) is 11.9 Å². The highest BCUT2D eigenvalue weighted by molar-refractivity contribution is 7.92. The molecule has 2 atom stereocenters. The van der Waals surface area contributed by atoms with Crippen LogP contribution in [0.4, 0.5) is 10.1 Å². The quantitative estimate of drug-likeness (QED) is 0.569. The summed E-state index contributed by atoms with van der Waals surface area (Å²) in [7, 11) is -3.97. The molecule has 0 aromatic heterocycles. The summed E-state index contributed by atoms with van der Waals surface area (Å²) in [5.41, 5.74) is 1.61. The molecule has 0 aliphatic heterocycles. The van der Waals surface area contributed by atoms with Gasteiger partial charge in [0.25, 0.3) is 0 Å². The van der Waals surface area contributed by atoms with Crippen molar-refractivity contribution in [2.45, 2.75) is 52.7 Å². The second-order valence-corrected chi connectivity index (χ2v) is 10.1. The lowest BCUT2D eigenvalue weighted by atomic mass is 10.1. The van der Waals surface area contributed by atoms with Crippen LogP contribution in [0.3, 0.4) is 0 Å². The zero-order chi connectivity index (χ0) is 24.8. The van der Waals surface area contributed by atoms with Crippen LogP contribution in [0.15, 0.2) is 48.5 Å². The lowest BCUT2D eigenvalue weighted by Crippen LogP contribution is -2.52. The number of carbonyl (C=O) groups is 2. The Balaban J connectivity index is 2.39. The second-order valence-electron chi connectivity index (χ2n) is 8.22. The summed E-state index contributed by atoms with van der Waals surface area (Å²) < 4.78 is 40.0. The fourth-order valence-corrected chi connectivity index (χ4v) is 4.04. The van der Waals surface area contributed by atoms with E-state index in [1.807, 2.05) is 45.0 Å². The third-order valence-electron chi connectivity index (χ3n) is 5.44. The van der Waals surface area contributed by atoms with Crippen LogP contribution in [0.1, 0.15) is 38.3 Å². The zero-order valence-electron chi connectivity index (χ0n) is 19.7. The topological polar surface area (TPSA) is 86.8 Å². The van der Waals surface area contributed by atoms with E-state index >= 15 is 0 Å². The molecule has 2 rings (SSSR count). The van der Waals surface area contributed by atoms with Crippen LogP contribution in [0.2, 0.25) is 0 Å². The van der Waals surface area contributed by atoms with Gasteiger partial charge in [0.15, 0.2) is 0 Å². The molecule has 0 unspecified atom stereocenters. The predicted octanol–water partition coefficient (Wildman–Crippen LogP) is 3.23. The van der Waals surface area contributed by atoms with E-state index in [0.717, 1.165) is 34.2 Å². The molecule has 9 heteroatoms. The first-order valence-electron chi connectivity index (χ1n) is 10.8. The molecule has 33 heavy (non-hydrogen) atoms. The first kappa shape index (κ1) is 26.3. The molecule has 2 aromatic carbocycles. The summed E-state index contributed by atoms with van der Waals surface area (Å²) in [6.07, 6.45) is 1.63. The van der Waals surface area contributed by atoms with Crippen molar-refractivity contribution in [2.24, 2.45) is 0 Å². The monoisotopic (exact) mass is 477 g/mol. The molecule has 1 N–H and O–H groups in total. The number of hydrogen-bond acceptors (Lipinski definition) is 4. The van der Waals surface area contributed by atoms with E-state index in [9.17, 15) is 22.4 Å². The van der Waals surface area contributed by atoms with Gasteiger partial charge in [-0.25, -0.2) is 12.8 Å². The summed E-state index contributed by atoms with van der Waals surface area (Å²) in [5.74, 6) is -1.72. The SMILES string of the molecule is CC[C@H](C)NC(=O)[C@@H](C)N(Cc1ccc(C)cc1)C(=O)CN(c1ccccc1F)S(C)(=O)=O. The lowest BCUT2D eigenvalue weighted by Gasteiger charge is -2.32. The number of carbonyl (C=O) groups excluding carboxylic acids is 2. The number of rotatable bonds is 10. The van der Waals surface area contributed by atoms with Gasteiger partial charge in [-0.1, -0.05) is 48.9 Å². The van der Waals surface area contributed by atoms with Crippen LogP contribution in [0, 0.1) is 12.7 Å². The normalized spacial score (nSPS) is 13.2. The molecule has 180 valence electrons. The minimum absolute atomic E-state index is 0.0813. The number of para-hydroxylation sites is 1. The highest BCUT2D eigenvalue weighted by Gasteiger charge is 2.31. The Kier molecular flexibility index (Phi) is 8.99. The zero-order valence-corrected chi connectivity index (χ0v) is 20.5. The van der Waals surface area contributed by atoms with Crippen LogP contribution < -0.4 is 9.62 Å². The molecular weight excluding hydrogens is 445 g/mol. The van der Waals surface area contributed by atoms with Crippen LogP contribution in [-0.2, 0) is 26.2 Å². The van der Waals surface area contributed by atoms with E-state index in [1.54, 1.807) is 6.92 Å². The number of nitrogens with one attached hydrogen (secondary N) is 1. The van der Waals surface area contributed by atoms with Gasteiger partial charge in [-0.2, -0.15) is 0 Å². The number of benzene rings is 2. The summed E-state index contributed by atoms with van der Waals surface area (Å²) >= 11 is 0. The Labute approximate surface area is 195 Å². The van der Waals surface area contributed by atoms with Crippen molar-refractivity contribution in [3.05, 3.63) is 65.5 Å². The molecule has 0 spiro atoms. The fraction of sp³-hybridized carbons (Fsp3) is 0.417. The Bertz CT molecular complexity index is 1070. The molecule has 7 nitrogen and oxygen atoms in total. The molecule has 0 saturated heterocycles. The molecule has 0 bridgehead atoms. The number of halogens is 1. The van der Waals surface area contributed by atoms with Crippen molar-refractivity contribution in [2.75, 3.05) is 17.1 Å². The molecule has 0 radical (unpaired) electrons. The number of amides is 2. The van der Waals surface area contributed by atoms with Gasteiger partial charge in [0.2, 0.25) is 21.8 Å². The smallest absolute Gasteiger partial charge is 0.244 e. The molecular formula is C24H32FN3O4S. The van der Waals surface area contributed by atoms with Gasteiger partial charge in [-0.05, 0) is 44.9 Å². The van der Waals surface area contributed by atoms with Crippen LogP contribution in [0.25, 0.3) is 0 Å². The van der Waals surface area contributed by atoms with Crippen LogP contribution in [-0.4, -0.2) is 50.0 Å². The second kappa shape index (κ2) is 11.3. The lowest BCUT2D eigenvalue weighted by molar-refractivity contribution is -0.139. The number of nitrogens with zero attached hydrogens (tertiary/aromatic N) is 2. The van der Waals surface area contributed by atoms with Crippen molar-refractivity contribution >= 4 is 27.5 Å². The van der Waals surface area contributed by atoms with E-state index < -0.39 is 34.3 Å². The minimum Gasteiger partial charge on any atom is -0.352 e. The fourth-order valence-electron chi connectivity index (χ4n) is 3.19. The third-order valence-corrected chi connectivity index (χ3v) is 6.57. The van der Waals surface area contributed by atoms with Crippen molar-refractivity contribution in [3.63, 3.8) is 0 Å². The van der Waals surface area contributed by atoms with Gasteiger partial charge in [0.1, 0.15) is 18.4 Å². The Hall–Kier alpha value is -2.94.